The number of hydrogen-bond donors (Lipinski definition) is 2. The van der Waals surface area contributed by atoms with Gasteiger partial charge in [0.25, 0.3) is 0 Å². The van der Waals surface area contributed by atoms with E-state index in [9.17, 15) is 19.0 Å². The molecule has 1 fully saturated rings. The third-order valence-electron chi connectivity index (χ3n) is 10.8. The molecule has 0 spiro atoms. The molecule has 0 amide bonds. The van der Waals surface area contributed by atoms with Gasteiger partial charge < -0.3 is 29.3 Å². The number of phosphoric acid groups is 1. The zero-order chi connectivity index (χ0) is 41.6. The van der Waals surface area contributed by atoms with Gasteiger partial charge in [-0.1, -0.05) is 116 Å². The molecular weight excluding hydrogens is 745 g/mol. The number of allylic oxidation sites excluding steroid dienone is 1. The van der Waals surface area contributed by atoms with E-state index >= 15 is 0 Å². The third-order valence-corrected chi connectivity index (χ3v) is 11.8. The molecule has 57 heavy (non-hydrogen) atoms. The molecule has 1 aliphatic rings. The highest BCUT2D eigenvalue weighted by Crippen LogP contribution is 2.43. The van der Waals surface area contributed by atoms with Crippen molar-refractivity contribution < 1.29 is 46.7 Å². The Labute approximate surface area is 345 Å². The molecule has 330 valence electrons. The number of epoxide rings is 1. The van der Waals surface area contributed by atoms with Crippen LogP contribution in [-0.2, 0) is 50.3 Å². The number of hydrogen-bond acceptors (Lipinski definition) is 10. The van der Waals surface area contributed by atoms with Gasteiger partial charge in [-0.05, 0) is 76.3 Å². The van der Waals surface area contributed by atoms with Gasteiger partial charge in [-0.3, -0.25) is 18.6 Å². The average Bonchev–Trinajstić information content (AvgIpc) is 3.89. The molecule has 0 aliphatic carbocycles. The minimum absolute atomic E-state index is 0.0433. The van der Waals surface area contributed by atoms with Gasteiger partial charge in [-0.15, -0.1) is 0 Å². The van der Waals surface area contributed by atoms with Crippen LogP contribution in [0.1, 0.15) is 191 Å². The maximum atomic E-state index is 12.6. The number of phosphoric ester groups is 1. The van der Waals surface area contributed by atoms with Crippen LogP contribution in [0.15, 0.2) is 16.6 Å². The van der Waals surface area contributed by atoms with Crippen molar-refractivity contribution in [3.8, 4) is 0 Å². The first kappa shape index (κ1) is 51.1. The second-order valence-electron chi connectivity index (χ2n) is 15.9. The number of ether oxygens (including phenoxy) is 3. The number of rotatable bonds is 38. The normalized spacial score (nSPS) is 16.9. The Balaban J connectivity index is 1.56. The van der Waals surface area contributed by atoms with Crippen molar-refractivity contribution in [1.82, 2.24) is 0 Å². The summed E-state index contributed by atoms with van der Waals surface area (Å²) in [5.74, 6) is 1.47. The fraction of sp³-hybridized carbons (Fsp3) is 0.822. The van der Waals surface area contributed by atoms with Gasteiger partial charge >= 0.3 is 19.8 Å². The summed E-state index contributed by atoms with van der Waals surface area (Å²) in [5.41, 5.74) is 8.01. The summed E-state index contributed by atoms with van der Waals surface area (Å²) in [5, 5.41) is 0. The van der Waals surface area contributed by atoms with Crippen molar-refractivity contribution in [2.45, 2.75) is 213 Å². The first-order valence-corrected chi connectivity index (χ1v) is 24.1. The van der Waals surface area contributed by atoms with Crippen molar-refractivity contribution in [2.75, 3.05) is 26.4 Å². The molecule has 1 saturated heterocycles. The predicted molar refractivity (Wildman–Crippen MR) is 227 cm³/mol. The van der Waals surface area contributed by atoms with Crippen LogP contribution >= 0.6 is 7.82 Å². The van der Waals surface area contributed by atoms with Crippen LogP contribution in [0.3, 0.4) is 0 Å². The molecular formula is C45H80NO10P. The smallest absolute Gasteiger partial charge is 0.466 e. The van der Waals surface area contributed by atoms with Crippen LogP contribution in [0.2, 0.25) is 0 Å². The molecule has 1 aliphatic heterocycles. The Hall–Kier alpha value is -2.01. The lowest BCUT2D eigenvalue weighted by atomic mass is 10.0. The molecule has 1 aromatic rings. The Bertz CT molecular complexity index is 1280. The lowest BCUT2D eigenvalue weighted by Crippen LogP contribution is -2.29. The summed E-state index contributed by atoms with van der Waals surface area (Å²) < 4.78 is 44.9. The van der Waals surface area contributed by atoms with Crippen molar-refractivity contribution in [2.24, 2.45) is 5.73 Å². The molecule has 11 nitrogen and oxygen atoms in total. The van der Waals surface area contributed by atoms with Gasteiger partial charge in [0.05, 0.1) is 25.4 Å². The number of aryl methyl sites for hydroxylation is 2. The van der Waals surface area contributed by atoms with E-state index in [4.69, 9.17) is 33.4 Å². The highest BCUT2D eigenvalue weighted by molar-refractivity contribution is 7.47. The monoisotopic (exact) mass is 826 g/mol. The molecule has 0 bridgehead atoms. The molecule has 3 unspecified atom stereocenters. The molecule has 4 atom stereocenters. The summed E-state index contributed by atoms with van der Waals surface area (Å²) in [6.07, 6.45) is 30.8. The molecule has 1 aromatic heterocycles. The van der Waals surface area contributed by atoms with Crippen molar-refractivity contribution in [3.05, 3.63) is 34.8 Å². The van der Waals surface area contributed by atoms with E-state index < -0.39 is 32.5 Å². The second-order valence-corrected chi connectivity index (χ2v) is 17.3. The lowest BCUT2D eigenvalue weighted by Gasteiger charge is -2.19. The maximum Gasteiger partial charge on any atom is 0.472 e. The average molecular weight is 826 g/mol. The third kappa shape index (κ3) is 25.3. The number of esters is 2. The summed E-state index contributed by atoms with van der Waals surface area (Å²) in [6.45, 7) is 7.99. The highest BCUT2D eigenvalue weighted by Gasteiger charge is 2.36. The van der Waals surface area contributed by atoms with Crippen molar-refractivity contribution >= 4 is 19.8 Å². The first-order chi connectivity index (χ1) is 27.6. The number of carbonyl (C=O) groups excluding carboxylic acids is 2. The molecule has 0 aromatic carbocycles. The van der Waals surface area contributed by atoms with Crippen LogP contribution in [-0.4, -0.2) is 61.5 Å². The van der Waals surface area contributed by atoms with Gasteiger partial charge in [-0.25, -0.2) is 4.57 Å². The Morgan fingerprint density at radius 2 is 1.28 bits per heavy atom. The van der Waals surface area contributed by atoms with E-state index in [0.717, 1.165) is 89.2 Å². The van der Waals surface area contributed by atoms with Crippen LogP contribution < -0.4 is 5.73 Å². The second kappa shape index (κ2) is 31.9. The molecule has 0 radical (unpaired) electrons. The van der Waals surface area contributed by atoms with E-state index in [1.807, 2.05) is 0 Å². The molecule has 2 rings (SSSR count). The predicted octanol–water partition coefficient (Wildman–Crippen LogP) is 11.3. The summed E-state index contributed by atoms with van der Waals surface area (Å²) >= 11 is 0. The van der Waals surface area contributed by atoms with Crippen molar-refractivity contribution in [3.63, 3.8) is 0 Å². The zero-order valence-corrected chi connectivity index (χ0v) is 37.1. The van der Waals surface area contributed by atoms with Crippen LogP contribution in [0.5, 0.6) is 0 Å². The first-order valence-electron chi connectivity index (χ1n) is 22.6. The standard InChI is InChI=1S/C45H80NO10P/c1-5-7-9-10-16-23-29-42-43(56-42)30-24-18-15-20-26-32-45(48)54-39(36-53-57(49,50)52-34-33-46)35-51-44(47)31-25-19-14-12-11-13-17-22-28-41-38(4)37(3)40(55-41)27-21-8-6-2/h16,23,39,42-43H,5-15,17-22,24-36,46H2,1-4H3,(H,49,50)/b23-16-/t39-,42?,43?/m1/s1. The van der Waals surface area contributed by atoms with Gasteiger partial charge in [0.2, 0.25) is 0 Å². The number of furan rings is 1. The number of unbranched alkanes of at least 4 members (excludes halogenated alkanes) is 16. The maximum absolute atomic E-state index is 12.6. The Kier molecular flexibility index (Phi) is 28.6. The van der Waals surface area contributed by atoms with E-state index in [0.29, 0.717) is 25.0 Å². The van der Waals surface area contributed by atoms with E-state index in [1.165, 1.54) is 74.7 Å². The molecule has 3 N–H and O–H groups in total. The van der Waals surface area contributed by atoms with Gasteiger partial charge in [0.1, 0.15) is 18.1 Å². The minimum atomic E-state index is -4.40. The Morgan fingerprint density at radius 3 is 1.91 bits per heavy atom. The summed E-state index contributed by atoms with van der Waals surface area (Å²) in [6, 6.07) is 0. The van der Waals surface area contributed by atoms with Crippen LogP contribution in [0.4, 0.5) is 0 Å². The zero-order valence-electron chi connectivity index (χ0n) is 36.2. The van der Waals surface area contributed by atoms with Crippen LogP contribution in [0.25, 0.3) is 0 Å². The topological polar surface area (TPSA) is 160 Å². The van der Waals surface area contributed by atoms with E-state index in [2.05, 4.69) is 39.8 Å². The lowest BCUT2D eigenvalue weighted by molar-refractivity contribution is -0.161. The minimum Gasteiger partial charge on any atom is -0.466 e. The summed E-state index contributed by atoms with van der Waals surface area (Å²) in [4.78, 5) is 35.1. The highest BCUT2D eigenvalue weighted by atomic mass is 31.2. The fourth-order valence-corrected chi connectivity index (χ4v) is 7.76. The van der Waals surface area contributed by atoms with Gasteiger partial charge in [-0.2, -0.15) is 0 Å². The largest absolute Gasteiger partial charge is 0.472 e. The number of nitrogens with two attached hydrogens (primary N) is 1. The Morgan fingerprint density at radius 1 is 0.719 bits per heavy atom. The van der Waals surface area contributed by atoms with Gasteiger partial charge in [0.15, 0.2) is 6.10 Å². The SMILES string of the molecule is CCCCC/C=C\CC1OC1CCCCCCCC(=O)O[C@H](COC(=O)CCCCCCCCCCc1oc(CCCCC)c(C)c1C)COP(=O)(O)OCCN. The summed E-state index contributed by atoms with van der Waals surface area (Å²) in [7, 11) is -4.40. The fourth-order valence-electron chi connectivity index (χ4n) is 7.00. The van der Waals surface area contributed by atoms with Gasteiger partial charge in [0, 0.05) is 32.2 Å². The molecule has 0 saturated carbocycles. The van der Waals surface area contributed by atoms with Crippen LogP contribution in [0, 0.1) is 13.8 Å². The molecule has 12 heteroatoms. The molecule has 2 heterocycles. The van der Waals surface area contributed by atoms with Crippen molar-refractivity contribution in [1.29, 1.82) is 0 Å². The van der Waals surface area contributed by atoms with E-state index in [-0.39, 0.29) is 32.6 Å². The number of carbonyl (C=O) groups is 2. The van der Waals surface area contributed by atoms with E-state index in [1.54, 1.807) is 0 Å². The quantitative estimate of drug-likeness (QED) is 0.0215.